The minimum atomic E-state index is -0.591. The fourth-order valence-electron chi connectivity index (χ4n) is 2.98. The number of amides is 2. The van der Waals surface area contributed by atoms with Crippen molar-refractivity contribution in [2.24, 2.45) is 0 Å². The van der Waals surface area contributed by atoms with Crippen LogP contribution in [0, 0.1) is 5.82 Å². The number of rotatable bonds is 7. The van der Waals surface area contributed by atoms with Crippen LogP contribution in [-0.2, 0) is 11.3 Å². The third kappa shape index (κ3) is 4.45. The Morgan fingerprint density at radius 2 is 2.07 bits per heavy atom. The molecule has 0 saturated heterocycles. The molecule has 7 nitrogen and oxygen atoms in total. The lowest BCUT2D eigenvalue weighted by atomic mass is 10.1. The molecule has 0 bridgehead atoms. The molecule has 1 aromatic carbocycles. The van der Waals surface area contributed by atoms with Crippen LogP contribution in [0.3, 0.4) is 0 Å². The molecular weight excluding hydrogens is 365 g/mol. The van der Waals surface area contributed by atoms with Crippen LogP contribution < -0.4 is 16.2 Å². The van der Waals surface area contributed by atoms with Crippen LogP contribution in [0.5, 0.6) is 0 Å². The Morgan fingerprint density at radius 3 is 2.75 bits per heavy atom. The molecule has 1 heterocycles. The van der Waals surface area contributed by atoms with Gasteiger partial charge < -0.3 is 19.9 Å². The normalized spacial score (nSPS) is 17.8. The van der Waals surface area contributed by atoms with Gasteiger partial charge in [0.15, 0.2) is 0 Å². The van der Waals surface area contributed by atoms with Crippen LogP contribution in [0.2, 0.25) is 0 Å². The number of hydrogen-bond acceptors (Lipinski definition) is 4. The van der Waals surface area contributed by atoms with Crippen LogP contribution in [0.25, 0.3) is 0 Å². The van der Waals surface area contributed by atoms with E-state index in [1.807, 2.05) is 6.92 Å². The Hall–Kier alpha value is -3.00. The molecule has 3 rings (SSSR count). The largest absolute Gasteiger partial charge is 0.376 e. The van der Waals surface area contributed by atoms with E-state index in [-0.39, 0.29) is 29.8 Å². The summed E-state index contributed by atoms with van der Waals surface area (Å²) in [7, 11) is 1.41. The van der Waals surface area contributed by atoms with E-state index in [0.717, 1.165) is 6.42 Å². The van der Waals surface area contributed by atoms with Crippen molar-refractivity contribution in [1.29, 1.82) is 0 Å². The lowest BCUT2D eigenvalue weighted by Crippen LogP contribution is -2.35. The topological polar surface area (TPSA) is 89.4 Å². The summed E-state index contributed by atoms with van der Waals surface area (Å²) in [5.74, 6) is -1.42. The van der Waals surface area contributed by atoms with Gasteiger partial charge in [-0.1, -0.05) is 12.1 Å². The Balaban J connectivity index is 1.90. The quantitative estimate of drug-likeness (QED) is 0.750. The van der Waals surface area contributed by atoms with Crippen molar-refractivity contribution in [3.63, 3.8) is 0 Å². The third-order valence-corrected chi connectivity index (χ3v) is 4.49. The van der Waals surface area contributed by atoms with E-state index < -0.39 is 23.2 Å². The number of hydrogen-bond donors (Lipinski definition) is 2. The van der Waals surface area contributed by atoms with Crippen molar-refractivity contribution in [2.75, 3.05) is 13.7 Å². The zero-order valence-corrected chi connectivity index (χ0v) is 15.7. The van der Waals surface area contributed by atoms with E-state index in [0.29, 0.717) is 12.2 Å². The molecule has 2 N–H and O–H groups in total. The molecule has 2 atom stereocenters. The average Bonchev–Trinajstić information content (AvgIpc) is 3.40. The van der Waals surface area contributed by atoms with Gasteiger partial charge >= 0.3 is 0 Å². The molecule has 28 heavy (non-hydrogen) atoms. The van der Waals surface area contributed by atoms with Crippen LogP contribution >= 0.6 is 0 Å². The average molecular weight is 387 g/mol. The molecule has 1 unspecified atom stereocenters. The number of ether oxygens (including phenoxy) is 1. The predicted octanol–water partition coefficient (Wildman–Crippen LogP) is 1.30. The predicted molar refractivity (Wildman–Crippen MR) is 101 cm³/mol. The highest BCUT2D eigenvalue weighted by Gasteiger charge is 2.39. The molecule has 8 heteroatoms. The summed E-state index contributed by atoms with van der Waals surface area (Å²) in [4.78, 5) is 37.4. The highest BCUT2D eigenvalue weighted by atomic mass is 19.1. The van der Waals surface area contributed by atoms with E-state index in [2.05, 4.69) is 10.6 Å². The first-order chi connectivity index (χ1) is 13.4. The second kappa shape index (κ2) is 8.35. The van der Waals surface area contributed by atoms with Gasteiger partial charge in [0.2, 0.25) is 0 Å². The Morgan fingerprint density at radius 1 is 1.29 bits per heavy atom. The van der Waals surface area contributed by atoms with E-state index >= 15 is 0 Å². The highest BCUT2D eigenvalue weighted by Crippen LogP contribution is 2.25. The summed E-state index contributed by atoms with van der Waals surface area (Å²) in [5.41, 5.74) is 0.0142. The molecule has 0 aliphatic heterocycles. The smallest absolute Gasteiger partial charge is 0.263 e. The summed E-state index contributed by atoms with van der Waals surface area (Å²) in [6.45, 7) is 2.48. The lowest BCUT2D eigenvalue weighted by molar-refractivity contribution is 0.0914. The number of aromatic nitrogens is 1. The summed E-state index contributed by atoms with van der Waals surface area (Å²) >= 11 is 0. The van der Waals surface area contributed by atoms with E-state index in [9.17, 15) is 18.8 Å². The summed E-state index contributed by atoms with van der Waals surface area (Å²) in [5, 5.41) is 5.24. The van der Waals surface area contributed by atoms with Crippen molar-refractivity contribution < 1.29 is 18.7 Å². The SMILES string of the molecule is CCO[C@H]1CC1NC(=O)c1cc(C(=O)NC)c(=O)n(Cc2cccc(F)c2)c1. The number of nitrogens with one attached hydrogen (secondary N) is 2. The van der Waals surface area contributed by atoms with Crippen LogP contribution in [0.15, 0.2) is 41.3 Å². The number of carbonyl (C=O) groups excluding carboxylic acids is 2. The first-order valence-corrected chi connectivity index (χ1v) is 9.06. The van der Waals surface area contributed by atoms with E-state index in [1.54, 1.807) is 6.07 Å². The van der Waals surface area contributed by atoms with Crippen LogP contribution in [-0.4, -0.2) is 42.2 Å². The Labute approximate surface area is 161 Å². The van der Waals surface area contributed by atoms with Crippen LogP contribution in [0.4, 0.5) is 4.39 Å². The van der Waals surface area contributed by atoms with Gasteiger partial charge in [0.05, 0.1) is 24.3 Å². The van der Waals surface area contributed by atoms with Crippen LogP contribution in [0.1, 0.15) is 39.6 Å². The minimum absolute atomic E-state index is 0.00874. The Kier molecular flexibility index (Phi) is 5.89. The van der Waals surface area contributed by atoms with Gasteiger partial charge in [-0.3, -0.25) is 14.4 Å². The van der Waals surface area contributed by atoms with Crippen molar-refractivity contribution in [3.05, 3.63) is 69.4 Å². The molecular formula is C20H22FN3O4. The third-order valence-electron chi connectivity index (χ3n) is 4.49. The van der Waals surface area contributed by atoms with Gasteiger partial charge in [-0.2, -0.15) is 0 Å². The maximum atomic E-state index is 13.5. The number of pyridine rings is 1. The molecule has 1 fully saturated rings. The number of halogens is 1. The number of nitrogens with zero attached hydrogens (tertiary/aromatic N) is 1. The zero-order chi connectivity index (χ0) is 20.3. The van der Waals surface area contributed by atoms with Crippen molar-refractivity contribution >= 4 is 11.8 Å². The molecule has 0 spiro atoms. The fourth-order valence-corrected chi connectivity index (χ4v) is 2.98. The number of carbonyl (C=O) groups is 2. The van der Waals surface area contributed by atoms with E-state index in [1.165, 1.54) is 42.1 Å². The molecule has 1 aliphatic carbocycles. The highest BCUT2D eigenvalue weighted by molar-refractivity contribution is 5.99. The van der Waals surface area contributed by atoms with Crippen molar-refractivity contribution in [1.82, 2.24) is 15.2 Å². The molecule has 1 saturated carbocycles. The molecule has 148 valence electrons. The number of benzene rings is 1. The second-order valence-corrected chi connectivity index (χ2v) is 6.59. The van der Waals surface area contributed by atoms with Gasteiger partial charge in [0, 0.05) is 19.9 Å². The fraction of sp³-hybridized carbons (Fsp3) is 0.350. The van der Waals surface area contributed by atoms with Gasteiger partial charge in [0.25, 0.3) is 17.4 Å². The first-order valence-electron chi connectivity index (χ1n) is 9.06. The van der Waals surface area contributed by atoms with Gasteiger partial charge in [-0.15, -0.1) is 0 Å². The van der Waals surface area contributed by atoms with E-state index in [4.69, 9.17) is 4.74 Å². The van der Waals surface area contributed by atoms with Gasteiger partial charge in [0.1, 0.15) is 11.4 Å². The summed E-state index contributed by atoms with van der Waals surface area (Å²) in [6, 6.07) is 6.99. The monoisotopic (exact) mass is 387 g/mol. The molecule has 2 amide bonds. The Bertz CT molecular complexity index is 957. The molecule has 1 aromatic heterocycles. The standard InChI is InChI=1S/C20H22FN3O4/c1-3-28-17-9-16(17)23-18(25)13-8-15(19(26)22-2)20(27)24(11-13)10-12-5-4-6-14(21)7-12/h4-8,11,16-17H,3,9-10H2,1-2H3,(H,22,26)(H,23,25)/t16?,17-/m0/s1. The molecule has 2 aromatic rings. The molecule has 1 aliphatic rings. The lowest BCUT2D eigenvalue weighted by Gasteiger charge is -2.12. The second-order valence-electron chi connectivity index (χ2n) is 6.59. The summed E-state index contributed by atoms with van der Waals surface area (Å²) < 4.78 is 20.1. The van der Waals surface area contributed by atoms with Crippen molar-refractivity contribution in [3.8, 4) is 0 Å². The maximum Gasteiger partial charge on any atom is 0.263 e. The first kappa shape index (κ1) is 19.8. The molecule has 0 radical (unpaired) electrons. The summed E-state index contributed by atoms with van der Waals surface area (Å²) in [6.07, 6.45) is 2.10. The van der Waals surface area contributed by atoms with Gasteiger partial charge in [-0.05, 0) is 37.1 Å². The maximum absolute atomic E-state index is 13.5. The van der Waals surface area contributed by atoms with Gasteiger partial charge in [-0.25, -0.2) is 4.39 Å². The minimum Gasteiger partial charge on any atom is -0.376 e. The zero-order valence-electron chi connectivity index (χ0n) is 15.7. The van der Waals surface area contributed by atoms with Crippen molar-refractivity contribution in [2.45, 2.75) is 32.0 Å².